The number of carbonyl (C=O) groups excluding carboxylic acids is 1. The predicted molar refractivity (Wildman–Crippen MR) is 73.1 cm³/mol. The molecule has 0 heterocycles. The zero-order chi connectivity index (χ0) is 13.4. The van der Waals surface area contributed by atoms with Gasteiger partial charge in [-0.3, -0.25) is 4.79 Å². The molecular weight excluding hydrogens is 228 g/mol. The van der Waals surface area contributed by atoms with Crippen LogP contribution in [0.15, 0.2) is 0 Å². The summed E-state index contributed by atoms with van der Waals surface area (Å²) >= 11 is 0. The first kappa shape index (κ1) is 15.4. The van der Waals surface area contributed by atoms with Crippen LogP contribution < -0.4 is 11.1 Å². The number of aliphatic hydroxyl groups is 1. The number of amides is 1. The summed E-state index contributed by atoms with van der Waals surface area (Å²) in [6.45, 7) is 3.82. The van der Waals surface area contributed by atoms with E-state index in [-0.39, 0.29) is 17.9 Å². The Balaban J connectivity index is 2.13. The first-order valence-corrected chi connectivity index (χ1v) is 7.23. The van der Waals surface area contributed by atoms with E-state index in [9.17, 15) is 4.79 Å². The van der Waals surface area contributed by atoms with Gasteiger partial charge in [-0.25, -0.2) is 0 Å². The van der Waals surface area contributed by atoms with Gasteiger partial charge in [0.25, 0.3) is 0 Å². The molecule has 0 radical (unpaired) electrons. The summed E-state index contributed by atoms with van der Waals surface area (Å²) in [5.41, 5.74) is 5.76. The Morgan fingerprint density at radius 2 is 2.17 bits per heavy atom. The molecule has 106 valence electrons. The third-order valence-electron chi connectivity index (χ3n) is 4.19. The highest BCUT2D eigenvalue weighted by Gasteiger charge is 2.41. The largest absolute Gasteiger partial charge is 0.396 e. The summed E-state index contributed by atoms with van der Waals surface area (Å²) in [6.07, 6.45) is 6.74. The average Bonchev–Trinajstić information content (AvgIpc) is 3.13. The van der Waals surface area contributed by atoms with Crippen molar-refractivity contribution >= 4 is 5.91 Å². The summed E-state index contributed by atoms with van der Waals surface area (Å²) in [7, 11) is 0. The Bertz CT molecular complexity index is 252. The third kappa shape index (κ3) is 5.36. The number of nitrogens with two attached hydrogens (primary N) is 1. The lowest BCUT2D eigenvalue weighted by atomic mass is 9.96. The summed E-state index contributed by atoms with van der Waals surface area (Å²) < 4.78 is 0. The van der Waals surface area contributed by atoms with E-state index in [2.05, 4.69) is 12.2 Å². The molecule has 0 aromatic carbocycles. The van der Waals surface area contributed by atoms with Crippen molar-refractivity contribution in [2.75, 3.05) is 19.7 Å². The molecule has 4 heteroatoms. The maximum absolute atomic E-state index is 11.7. The van der Waals surface area contributed by atoms with Crippen molar-refractivity contribution in [3.05, 3.63) is 0 Å². The van der Waals surface area contributed by atoms with Crippen LogP contribution in [-0.2, 0) is 4.79 Å². The molecular formula is C14H28N2O2. The Morgan fingerprint density at radius 1 is 1.44 bits per heavy atom. The van der Waals surface area contributed by atoms with Gasteiger partial charge in [0.2, 0.25) is 5.91 Å². The standard InChI is InChI=1S/C14H28N2O2/c1-2-12(5-9-15)3-4-13(18)16-11-14(6-7-14)8-10-17/h12,17H,2-11,15H2,1H3,(H,16,18). The van der Waals surface area contributed by atoms with Crippen LogP contribution in [-0.4, -0.2) is 30.7 Å². The second-order valence-corrected chi connectivity index (χ2v) is 5.64. The van der Waals surface area contributed by atoms with Crippen LogP contribution in [0.3, 0.4) is 0 Å². The fourth-order valence-corrected chi connectivity index (χ4v) is 2.43. The molecule has 1 atom stereocenters. The first-order valence-electron chi connectivity index (χ1n) is 7.23. The molecule has 1 unspecified atom stereocenters. The Morgan fingerprint density at radius 3 is 2.67 bits per heavy atom. The van der Waals surface area contributed by atoms with Crippen molar-refractivity contribution in [2.45, 2.75) is 51.9 Å². The molecule has 4 nitrogen and oxygen atoms in total. The number of hydrogen-bond donors (Lipinski definition) is 3. The van der Waals surface area contributed by atoms with Crippen molar-refractivity contribution in [2.24, 2.45) is 17.1 Å². The van der Waals surface area contributed by atoms with Crippen LogP contribution >= 0.6 is 0 Å². The van der Waals surface area contributed by atoms with Crippen LogP contribution in [0, 0.1) is 11.3 Å². The lowest BCUT2D eigenvalue weighted by Gasteiger charge is -2.16. The molecule has 1 aliphatic carbocycles. The Hall–Kier alpha value is -0.610. The fourth-order valence-electron chi connectivity index (χ4n) is 2.43. The topological polar surface area (TPSA) is 75.4 Å². The van der Waals surface area contributed by atoms with Gasteiger partial charge >= 0.3 is 0 Å². The van der Waals surface area contributed by atoms with Gasteiger partial charge in [0.15, 0.2) is 0 Å². The summed E-state index contributed by atoms with van der Waals surface area (Å²) in [6, 6.07) is 0. The van der Waals surface area contributed by atoms with Crippen LogP contribution in [0.25, 0.3) is 0 Å². The van der Waals surface area contributed by atoms with Gasteiger partial charge in [-0.2, -0.15) is 0 Å². The smallest absolute Gasteiger partial charge is 0.220 e. The van der Waals surface area contributed by atoms with E-state index in [0.717, 1.165) is 45.1 Å². The van der Waals surface area contributed by atoms with E-state index in [1.165, 1.54) is 0 Å². The molecule has 0 bridgehead atoms. The Labute approximate surface area is 110 Å². The second-order valence-electron chi connectivity index (χ2n) is 5.64. The number of hydrogen-bond acceptors (Lipinski definition) is 3. The van der Waals surface area contributed by atoms with Crippen LogP contribution in [0.4, 0.5) is 0 Å². The van der Waals surface area contributed by atoms with Gasteiger partial charge in [0.05, 0.1) is 0 Å². The van der Waals surface area contributed by atoms with Crippen LogP contribution in [0.2, 0.25) is 0 Å². The zero-order valence-electron chi connectivity index (χ0n) is 11.6. The van der Waals surface area contributed by atoms with E-state index in [4.69, 9.17) is 10.8 Å². The van der Waals surface area contributed by atoms with Crippen molar-refractivity contribution < 1.29 is 9.90 Å². The lowest BCUT2D eigenvalue weighted by Crippen LogP contribution is -2.30. The van der Waals surface area contributed by atoms with E-state index in [1.807, 2.05) is 0 Å². The molecule has 4 N–H and O–H groups in total. The summed E-state index contributed by atoms with van der Waals surface area (Å²) in [5, 5.41) is 12.0. The monoisotopic (exact) mass is 256 g/mol. The molecule has 0 saturated heterocycles. The van der Waals surface area contributed by atoms with Crippen LogP contribution in [0.1, 0.15) is 51.9 Å². The number of aliphatic hydroxyl groups excluding tert-OH is 1. The first-order chi connectivity index (χ1) is 8.65. The van der Waals surface area contributed by atoms with Crippen LogP contribution in [0.5, 0.6) is 0 Å². The minimum Gasteiger partial charge on any atom is -0.396 e. The highest BCUT2D eigenvalue weighted by molar-refractivity contribution is 5.75. The predicted octanol–water partition coefficient (Wildman–Crippen LogP) is 1.42. The van der Waals surface area contributed by atoms with Gasteiger partial charge in [-0.15, -0.1) is 0 Å². The highest BCUT2D eigenvalue weighted by atomic mass is 16.3. The number of nitrogens with one attached hydrogen (secondary N) is 1. The fraction of sp³-hybridized carbons (Fsp3) is 0.929. The van der Waals surface area contributed by atoms with E-state index < -0.39 is 0 Å². The molecule has 1 rings (SSSR count). The summed E-state index contributed by atoms with van der Waals surface area (Å²) in [5.74, 6) is 0.725. The van der Waals surface area contributed by atoms with Gasteiger partial charge in [0, 0.05) is 19.6 Å². The second kappa shape index (κ2) is 7.74. The molecule has 0 aliphatic heterocycles. The van der Waals surface area contributed by atoms with Gasteiger partial charge in [-0.05, 0) is 50.0 Å². The Kier molecular flexibility index (Phi) is 6.65. The van der Waals surface area contributed by atoms with E-state index in [1.54, 1.807) is 0 Å². The van der Waals surface area contributed by atoms with Crippen molar-refractivity contribution in [1.82, 2.24) is 5.32 Å². The van der Waals surface area contributed by atoms with E-state index >= 15 is 0 Å². The molecule has 1 saturated carbocycles. The molecule has 0 aromatic heterocycles. The summed E-state index contributed by atoms with van der Waals surface area (Å²) in [4.78, 5) is 11.7. The molecule has 1 amide bonds. The molecule has 0 aromatic rings. The number of rotatable bonds is 10. The van der Waals surface area contributed by atoms with Crippen molar-refractivity contribution in [3.8, 4) is 0 Å². The molecule has 18 heavy (non-hydrogen) atoms. The number of carbonyl (C=O) groups is 1. The minimum absolute atomic E-state index is 0.148. The molecule has 0 spiro atoms. The molecule has 1 fully saturated rings. The highest BCUT2D eigenvalue weighted by Crippen LogP contribution is 2.47. The maximum Gasteiger partial charge on any atom is 0.220 e. The van der Waals surface area contributed by atoms with E-state index in [0.29, 0.717) is 18.9 Å². The normalized spacial score (nSPS) is 18.4. The molecule has 1 aliphatic rings. The zero-order valence-corrected chi connectivity index (χ0v) is 11.6. The van der Waals surface area contributed by atoms with Gasteiger partial charge < -0.3 is 16.2 Å². The minimum atomic E-state index is 0.148. The SMILES string of the molecule is CCC(CCN)CCC(=O)NCC1(CCO)CC1. The van der Waals surface area contributed by atoms with Gasteiger partial charge in [-0.1, -0.05) is 13.3 Å². The third-order valence-corrected chi connectivity index (χ3v) is 4.19. The van der Waals surface area contributed by atoms with Crippen molar-refractivity contribution in [1.29, 1.82) is 0 Å². The average molecular weight is 256 g/mol. The quantitative estimate of drug-likeness (QED) is 0.553. The van der Waals surface area contributed by atoms with Gasteiger partial charge in [0.1, 0.15) is 0 Å². The van der Waals surface area contributed by atoms with Crippen molar-refractivity contribution in [3.63, 3.8) is 0 Å². The maximum atomic E-state index is 11.7. The lowest BCUT2D eigenvalue weighted by molar-refractivity contribution is -0.121.